The summed E-state index contributed by atoms with van der Waals surface area (Å²) in [7, 11) is 0. The maximum atomic E-state index is 13.0. The van der Waals surface area contributed by atoms with Gasteiger partial charge in [-0.25, -0.2) is 9.89 Å². The lowest BCUT2D eigenvalue weighted by molar-refractivity contribution is -0.137. The summed E-state index contributed by atoms with van der Waals surface area (Å²) < 4.78 is 81.6. The van der Waals surface area contributed by atoms with Crippen LogP contribution in [0.5, 0.6) is 0 Å². The molecular formula is C13H8F6N4O2. The number of aromatic amines is 1. The van der Waals surface area contributed by atoms with Gasteiger partial charge in [-0.3, -0.25) is 0 Å². The van der Waals surface area contributed by atoms with Crippen LogP contribution in [0.15, 0.2) is 27.4 Å². The van der Waals surface area contributed by atoms with Crippen LogP contribution >= 0.6 is 0 Å². The lowest BCUT2D eigenvalue weighted by atomic mass is 10.1. The molecule has 0 atom stereocenters. The summed E-state index contributed by atoms with van der Waals surface area (Å²) in [4.78, 5) is 11.3. The first-order valence-electron chi connectivity index (χ1n) is 6.47. The van der Waals surface area contributed by atoms with Gasteiger partial charge >= 0.3 is 18.1 Å². The summed E-state index contributed by atoms with van der Waals surface area (Å²) in [5.74, 6) is -1.45. The minimum Gasteiger partial charge on any atom is -0.391 e. The highest BCUT2D eigenvalue weighted by atomic mass is 19.4. The Morgan fingerprint density at radius 1 is 1.24 bits per heavy atom. The van der Waals surface area contributed by atoms with E-state index in [1.54, 1.807) is 0 Å². The molecule has 0 radical (unpaired) electrons. The minimum atomic E-state index is -4.93. The molecule has 0 saturated heterocycles. The van der Waals surface area contributed by atoms with Gasteiger partial charge in [0, 0.05) is 5.69 Å². The van der Waals surface area contributed by atoms with Gasteiger partial charge in [-0.15, -0.1) is 5.10 Å². The first-order valence-corrected chi connectivity index (χ1v) is 6.47. The molecule has 134 valence electrons. The maximum absolute atomic E-state index is 13.0. The minimum absolute atomic E-state index is 0.426. The summed E-state index contributed by atoms with van der Waals surface area (Å²) in [6, 6.07) is 3.46. The van der Waals surface area contributed by atoms with E-state index in [1.807, 2.05) is 5.10 Å². The van der Waals surface area contributed by atoms with Gasteiger partial charge in [0.05, 0.1) is 23.7 Å². The van der Waals surface area contributed by atoms with E-state index in [4.69, 9.17) is 5.26 Å². The smallest absolute Gasteiger partial charge is 0.391 e. The fraction of sp³-hybridized carbons (Fsp3) is 0.308. The standard InChI is InChI=1S/C13H8F6N4O2/c14-12(15,16)6-23(5-10-21-22-11(24)25-10)8-2-1-7(4-20)9(3-8)13(17,18)19/h1-3H,5-6H2,(H,22,24). The molecule has 0 aliphatic carbocycles. The third kappa shape index (κ3) is 4.75. The molecule has 0 unspecified atom stereocenters. The Hall–Kier alpha value is -2.97. The molecule has 0 aliphatic heterocycles. The summed E-state index contributed by atoms with van der Waals surface area (Å²) in [5.41, 5.74) is -2.56. The van der Waals surface area contributed by atoms with Gasteiger partial charge in [-0.1, -0.05) is 0 Å². The van der Waals surface area contributed by atoms with E-state index in [0.717, 1.165) is 12.1 Å². The summed E-state index contributed by atoms with van der Waals surface area (Å²) in [6.45, 7) is -2.33. The Labute approximate surface area is 135 Å². The van der Waals surface area contributed by atoms with Gasteiger partial charge in [0.25, 0.3) is 0 Å². The lowest BCUT2D eigenvalue weighted by Crippen LogP contribution is -2.34. The highest BCUT2D eigenvalue weighted by molar-refractivity contribution is 5.55. The molecule has 0 aliphatic rings. The second kappa shape index (κ2) is 6.50. The van der Waals surface area contributed by atoms with Crippen molar-refractivity contribution in [3.63, 3.8) is 0 Å². The summed E-state index contributed by atoms with van der Waals surface area (Å²) in [5, 5.41) is 13.9. The van der Waals surface area contributed by atoms with Gasteiger partial charge < -0.3 is 9.32 Å². The zero-order chi connectivity index (χ0) is 18.8. The highest BCUT2D eigenvalue weighted by Crippen LogP contribution is 2.35. The molecule has 1 heterocycles. The first kappa shape index (κ1) is 18.4. The number of hydrogen-bond donors (Lipinski definition) is 1. The van der Waals surface area contributed by atoms with Crippen LogP contribution in [0.1, 0.15) is 17.0 Å². The van der Waals surface area contributed by atoms with Crippen molar-refractivity contribution in [2.24, 2.45) is 0 Å². The number of nitrogens with one attached hydrogen (secondary N) is 1. The largest absolute Gasteiger partial charge is 0.434 e. The normalized spacial score (nSPS) is 12.0. The van der Waals surface area contributed by atoms with E-state index in [1.165, 1.54) is 6.07 Å². The van der Waals surface area contributed by atoms with Crippen molar-refractivity contribution < 1.29 is 30.8 Å². The number of anilines is 1. The predicted molar refractivity (Wildman–Crippen MR) is 70.4 cm³/mol. The number of rotatable bonds is 4. The van der Waals surface area contributed by atoms with E-state index in [9.17, 15) is 31.1 Å². The molecule has 6 nitrogen and oxygen atoms in total. The Morgan fingerprint density at radius 3 is 2.40 bits per heavy atom. The van der Waals surface area contributed by atoms with Crippen LogP contribution < -0.4 is 10.7 Å². The van der Waals surface area contributed by atoms with Gasteiger partial charge in [-0.05, 0) is 18.2 Å². The fourth-order valence-electron chi connectivity index (χ4n) is 2.01. The van der Waals surface area contributed by atoms with Crippen LogP contribution in [0.2, 0.25) is 0 Å². The van der Waals surface area contributed by atoms with Crippen molar-refractivity contribution in [1.82, 2.24) is 10.2 Å². The van der Waals surface area contributed by atoms with Crippen molar-refractivity contribution in [3.05, 3.63) is 45.8 Å². The van der Waals surface area contributed by atoms with E-state index < -0.39 is 53.9 Å². The molecule has 2 aromatic rings. The summed E-state index contributed by atoms with van der Waals surface area (Å²) in [6.07, 6.45) is -9.67. The molecule has 25 heavy (non-hydrogen) atoms. The van der Waals surface area contributed by atoms with Crippen molar-refractivity contribution in [2.45, 2.75) is 18.9 Å². The van der Waals surface area contributed by atoms with Gasteiger partial charge in [0.1, 0.15) is 6.54 Å². The monoisotopic (exact) mass is 366 g/mol. The number of nitrogens with zero attached hydrogens (tertiary/aromatic N) is 3. The van der Waals surface area contributed by atoms with Crippen LogP contribution in [-0.4, -0.2) is 22.9 Å². The van der Waals surface area contributed by atoms with E-state index in [2.05, 4.69) is 9.52 Å². The average molecular weight is 366 g/mol. The number of nitriles is 1. The van der Waals surface area contributed by atoms with Crippen molar-refractivity contribution in [3.8, 4) is 6.07 Å². The second-order valence-corrected chi connectivity index (χ2v) is 4.82. The van der Waals surface area contributed by atoms with Gasteiger partial charge in [0.15, 0.2) is 0 Å². The van der Waals surface area contributed by atoms with E-state index in [0.29, 0.717) is 11.0 Å². The molecule has 12 heteroatoms. The Balaban J connectivity index is 2.46. The third-order valence-corrected chi connectivity index (χ3v) is 2.97. The van der Waals surface area contributed by atoms with Crippen LogP contribution in [0.3, 0.4) is 0 Å². The third-order valence-electron chi connectivity index (χ3n) is 2.97. The molecular weight excluding hydrogens is 358 g/mol. The molecule has 2 rings (SSSR count). The predicted octanol–water partition coefficient (Wildman–Crippen LogP) is 2.82. The van der Waals surface area contributed by atoms with Crippen molar-refractivity contribution in [1.29, 1.82) is 5.26 Å². The van der Waals surface area contributed by atoms with Crippen LogP contribution in [-0.2, 0) is 12.7 Å². The number of H-pyrrole nitrogens is 1. The molecule has 0 fully saturated rings. The Morgan fingerprint density at radius 2 is 1.92 bits per heavy atom. The van der Waals surface area contributed by atoms with Crippen molar-refractivity contribution >= 4 is 5.69 Å². The van der Waals surface area contributed by atoms with E-state index in [-0.39, 0.29) is 0 Å². The number of halogens is 6. The number of hydrogen-bond acceptors (Lipinski definition) is 5. The van der Waals surface area contributed by atoms with Crippen molar-refractivity contribution in [2.75, 3.05) is 11.4 Å². The Bertz CT molecular complexity index is 846. The van der Waals surface area contributed by atoms with Crippen LogP contribution in [0.25, 0.3) is 0 Å². The molecule has 0 amide bonds. The SMILES string of the molecule is N#Cc1ccc(N(Cc2n[nH]c(=O)o2)CC(F)(F)F)cc1C(F)(F)F. The number of alkyl halides is 6. The summed E-state index contributed by atoms with van der Waals surface area (Å²) >= 11 is 0. The number of aromatic nitrogens is 2. The maximum Gasteiger partial charge on any atom is 0.434 e. The molecule has 0 bridgehead atoms. The Kier molecular flexibility index (Phi) is 4.78. The first-order chi connectivity index (χ1) is 11.5. The molecule has 1 aromatic carbocycles. The van der Waals surface area contributed by atoms with Crippen LogP contribution in [0, 0.1) is 11.3 Å². The van der Waals surface area contributed by atoms with Gasteiger partial charge in [-0.2, -0.15) is 31.6 Å². The van der Waals surface area contributed by atoms with Gasteiger partial charge in [0.2, 0.25) is 5.89 Å². The average Bonchev–Trinajstić information content (AvgIpc) is 2.89. The lowest BCUT2D eigenvalue weighted by Gasteiger charge is -2.25. The zero-order valence-corrected chi connectivity index (χ0v) is 12.1. The molecule has 0 spiro atoms. The molecule has 1 aromatic heterocycles. The highest BCUT2D eigenvalue weighted by Gasteiger charge is 2.36. The fourth-order valence-corrected chi connectivity index (χ4v) is 2.01. The topological polar surface area (TPSA) is 85.9 Å². The molecule has 1 N–H and O–H groups in total. The second-order valence-electron chi connectivity index (χ2n) is 4.82. The number of benzene rings is 1. The molecule has 0 saturated carbocycles. The quantitative estimate of drug-likeness (QED) is 0.841. The zero-order valence-electron chi connectivity index (χ0n) is 12.1. The van der Waals surface area contributed by atoms with E-state index >= 15 is 0 Å². The van der Waals surface area contributed by atoms with Crippen LogP contribution in [0.4, 0.5) is 32.0 Å².